The average Bonchev–Trinajstić information content (AvgIpc) is 3.05. The molecule has 0 saturated carbocycles. The van der Waals surface area contributed by atoms with Crippen LogP contribution in [0.15, 0.2) is 0 Å². The number of aliphatic carboxylic acids is 1. The molecule has 2 atom stereocenters. The molecule has 2 heterocycles. The lowest BCUT2D eigenvalue weighted by atomic mass is 9.75. The van der Waals surface area contributed by atoms with Crippen LogP contribution in [0.25, 0.3) is 0 Å². The Balaban J connectivity index is 1.95. The van der Waals surface area contributed by atoms with E-state index in [-0.39, 0.29) is 17.7 Å². The molecular formula is C15H26N2O3. The summed E-state index contributed by atoms with van der Waals surface area (Å²) in [6, 6.07) is 0. The molecule has 2 saturated heterocycles. The van der Waals surface area contributed by atoms with Gasteiger partial charge in [-0.2, -0.15) is 0 Å². The van der Waals surface area contributed by atoms with Crippen molar-refractivity contribution in [2.45, 2.75) is 39.5 Å². The van der Waals surface area contributed by atoms with Crippen LogP contribution in [-0.2, 0) is 9.59 Å². The van der Waals surface area contributed by atoms with Crippen molar-refractivity contribution in [2.75, 3.05) is 26.2 Å². The van der Waals surface area contributed by atoms with E-state index in [1.165, 1.54) is 0 Å². The summed E-state index contributed by atoms with van der Waals surface area (Å²) in [7, 11) is 0. The van der Waals surface area contributed by atoms with Crippen LogP contribution < -0.4 is 5.32 Å². The maximum Gasteiger partial charge on any atom is 0.303 e. The molecule has 0 spiro atoms. The van der Waals surface area contributed by atoms with E-state index in [1.54, 1.807) is 0 Å². The zero-order chi connectivity index (χ0) is 14.8. The van der Waals surface area contributed by atoms with Gasteiger partial charge in [-0.25, -0.2) is 0 Å². The average molecular weight is 282 g/mol. The van der Waals surface area contributed by atoms with Crippen molar-refractivity contribution >= 4 is 11.9 Å². The third-order valence-electron chi connectivity index (χ3n) is 5.06. The van der Waals surface area contributed by atoms with Crippen molar-refractivity contribution in [3.05, 3.63) is 0 Å². The maximum absolute atomic E-state index is 12.9. The van der Waals surface area contributed by atoms with E-state index in [0.29, 0.717) is 18.3 Å². The van der Waals surface area contributed by atoms with Gasteiger partial charge in [-0.15, -0.1) is 0 Å². The van der Waals surface area contributed by atoms with Crippen LogP contribution in [0.4, 0.5) is 0 Å². The third-order valence-corrected chi connectivity index (χ3v) is 5.06. The van der Waals surface area contributed by atoms with Crippen molar-refractivity contribution in [3.63, 3.8) is 0 Å². The normalized spacial score (nSPS) is 30.1. The van der Waals surface area contributed by atoms with Gasteiger partial charge in [0.25, 0.3) is 0 Å². The molecule has 0 bridgehead atoms. The molecule has 0 aromatic carbocycles. The van der Waals surface area contributed by atoms with Gasteiger partial charge in [0.1, 0.15) is 0 Å². The number of carboxylic acid groups (broad SMARTS) is 1. The van der Waals surface area contributed by atoms with Crippen LogP contribution in [0.5, 0.6) is 0 Å². The highest BCUT2D eigenvalue weighted by Gasteiger charge is 2.47. The minimum Gasteiger partial charge on any atom is -0.481 e. The van der Waals surface area contributed by atoms with Gasteiger partial charge in [-0.05, 0) is 37.6 Å². The number of hydrogen-bond acceptors (Lipinski definition) is 3. The standard InChI is InChI=1S/C15H26N2O3/c1-11(2)15(6-7-16-10-15)14(20)17-8-5-12(9-17)3-4-13(18)19/h11-12,16H,3-10H2,1-2H3,(H,18,19). The Labute approximate surface area is 120 Å². The predicted molar refractivity (Wildman–Crippen MR) is 76.3 cm³/mol. The minimum atomic E-state index is -0.742. The fourth-order valence-electron chi connectivity index (χ4n) is 3.53. The number of nitrogens with one attached hydrogen (secondary N) is 1. The quantitative estimate of drug-likeness (QED) is 0.798. The van der Waals surface area contributed by atoms with Gasteiger partial charge in [0.05, 0.1) is 5.41 Å². The van der Waals surface area contributed by atoms with E-state index in [2.05, 4.69) is 19.2 Å². The van der Waals surface area contributed by atoms with E-state index in [9.17, 15) is 9.59 Å². The Morgan fingerprint density at radius 3 is 2.75 bits per heavy atom. The number of carbonyl (C=O) groups excluding carboxylic acids is 1. The van der Waals surface area contributed by atoms with Gasteiger partial charge >= 0.3 is 5.97 Å². The lowest BCUT2D eigenvalue weighted by Crippen LogP contribution is -2.47. The molecule has 1 amide bonds. The molecule has 0 aliphatic carbocycles. The first-order valence-electron chi connectivity index (χ1n) is 7.67. The highest BCUT2D eigenvalue weighted by molar-refractivity contribution is 5.84. The lowest BCUT2D eigenvalue weighted by molar-refractivity contribution is -0.142. The summed E-state index contributed by atoms with van der Waals surface area (Å²) in [6.45, 7) is 7.48. The van der Waals surface area contributed by atoms with E-state index in [4.69, 9.17) is 5.11 Å². The molecule has 5 nitrogen and oxygen atoms in total. The number of nitrogens with zero attached hydrogens (tertiary/aromatic N) is 1. The molecule has 114 valence electrons. The third kappa shape index (κ3) is 2.97. The highest BCUT2D eigenvalue weighted by atomic mass is 16.4. The number of amides is 1. The number of likely N-dealkylation sites (tertiary alicyclic amines) is 1. The second-order valence-corrected chi connectivity index (χ2v) is 6.58. The van der Waals surface area contributed by atoms with Crippen molar-refractivity contribution in [2.24, 2.45) is 17.3 Å². The van der Waals surface area contributed by atoms with Gasteiger partial charge < -0.3 is 15.3 Å². The molecular weight excluding hydrogens is 256 g/mol. The SMILES string of the molecule is CC(C)C1(C(=O)N2CCC(CCC(=O)O)C2)CCNC1. The van der Waals surface area contributed by atoms with Crippen molar-refractivity contribution in [3.8, 4) is 0 Å². The summed E-state index contributed by atoms with van der Waals surface area (Å²) < 4.78 is 0. The van der Waals surface area contributed by atoms with Crippen molar-refractivity contribution in [1.29, 1.82) is 0 Å². The Bertz CT molecular complexity index is 375. The van der Waals surface area contributed by atoms with Crippen LogP contribution in [0.2, 0.25) is 0 Å². The lowest BCUT2D eigenvalue weighted by Gasteiger charge is -2.35. The Morgan fingerprint density at radius 2 is 2.20 bits per heavy atom. The number of carbonyl (C=O) groups is 2. The second kappa shape index (κ2) is 6.12. The van der Waals surface area contributed by atoms with Gasteiger partial charge in [0, 0.05) is 26.1 Å². The summed E-state index contributed by atoms with van der Waals surface area (Å²) in [5.74, 6) is 0.223. The number of hydrogen-bond donors (Lipinski definition) is 2. The molecule has 2 fully saturated rings. The largest absolute Gasteiger partial charge is 0.481 e. The molecule has 0 aromatic heterocycles. The first kappa shape index (κ1) is 15.3. The van der Waals surface area contributed by atoms with Gasteiger partial charge in [0.15, 0.2) is 0 Å². The Morgan fingerprint density at radius 1 is 1.45 bits per heavy atom. The zero-order valence-electron chi connectivity index (χ0n) is 12.5. The molecule has 2 unspecified atom stereocenters. The molecule has 2 aliphatic rings. The molecule has 0 aromatic rings. The fraction of sp³-hybridized carbons (Fsp3) is 0.867. The number of carboxylic acids is 1. The maximum atomic E-state index is 12.9. The minimum absolute atomic E-state index is 0.212. The summed E-state index contributed by atoms with van der Waals surface area (Å²) in [5, 5.41) is 12.1. The molecule has 2 aliphatic heterocycles. The van der Waals surface area contributed by atoms with Crippen molar-refractivity contribution in [1.82, 2.24) is 10.2 Å². The van der Waals surface area contributed by atoms with Crippen LogP contribution >= 0.6 is 0 Å². The summed E-state index contributed by atoms with van der Waals surface area (Å²) in [6.07, 6.45) is 2.76. The summed E-state index contributed by atoms with van der Waals surface area (Å²) in [5.41, 5.74) is -0.248. The fourth-order valence-corrected chi connectivity index (χ4v) is 3.53. The molecule has 0 radical (unpaired) electrons. The first-order valence-corrected chi connectivity index (χ1v) is 7.67. The highest BCUT2D eigenvalue weighted by Crippen LogP contribution is 2.37. The van der Waals surface area contributed by atoms with Crippen molar-refractivity contribution < 1.29 is 14.7 Å². The first-order chi connectivity index (χ1) is 9.45. The predicted octanol–water partition coefficient (Wildman–Crippen LogP) is 1.34. The second-order valence-electron chi connectivity index (χ2n) is 6.58. The Kier molecular flexibility index (Phi) is 4.68. The van der Waals surface area contributed by atoms with Crippen LogP contribution in [0, 0.1) is 17.3 Å². The zero-order valence-corrected chi connectivity index (χ0v) is 12.5. The molecule has 5 heteroatoms. The smallest absolute Gasteiger partial charge is 0.303 e. The van der Waals surface area contributed by atoms with Crippen LogP contribution in [0.1, 0.15) is 39.5 Å². The van der Waals surface area contributed by atoms with Gasteiger partial charge in [-0.3, -0.25) is 9.59 Å². The summed E-state index contributed by atoms with van der Waals surface area (Å²) >= 11 is 0. The van der Waals surface area contributed by atoms with Crippen LogP contribution in [-0.4, -0.2) is 48.1 Å². The van der Waals surface area contributed by atoms with E-state index in [1.807, 2.05) is 4.90 Å². The molecule has 2 rings (SSSR count). The van der Waals surface area contributed by atoms with E-state index >= 15 is 0 Å². The van der Waals surface area contributed by atoms with Gasteiger partial charge in [0.2, 0.25) is 5.91 Å². The van der Waals surface area contributed by atoms with E-state index in [0.717, 1.165) is 39.0 Å². The summed E-state index contributed by atoms with van der Waals surface area (Å²) in [4.78, 5) is 25.5. The number of rotatable bonds is 5. The topological polar surface area (TPSA) is 69.6 Å². The Hall–Kier alpha value is -1.10. The van der Waals surface area contributed by atoms with E-state index < -0.39 is 5.97 Å². The van der Waals surface area contributed by atoms with Gasteiger partial charge in [-0.1, -0.05) is 13.8 Å². The molecule has 20 heavy (non-hydrogen) atoms. The van der Waals surface area contributed by atoms with Crippen LogP contribution in [0.3, 0.4) is 0 Å². The monoisotopic (exact) mass is 282 g/mol. The molecule has 2 N–H and O–H groups in total.